The van der Waals surface area contributed by atoms with Gasteiger partial charge in [-0.15, -0.1) is 0 Å². The first-order valence-electron chi connectivity index (χ1n) is 12.2. The third-order valence-corrected chi connectivity index (χ3v) is 7.17. The minimum absolute atomic E-state index is 0.0297. The van der Waals surface area contributed by atoms with E-state index in [1.807, 2.05) is 49.3 Å². The summed E-state index contributed by atoms with van der Waals surface area (Å²) in [6.45, 7) is 4.18. The predicted molar refractivity (Wildman–Crippen MR) is 142 cm³/mol. The number of nitrogens with zero attached hydrogens (tertiary/aromatic N) is 3. The molecule has 0 fully saturated rings. The molecule has 0 bridgehead atoms. The third kappa shape index (κ3) is 3.68. The predicted octanol–water partition coefficient (Wildman–Crippen LogP) is 5.70. The van der Waals surface area contributed by atoms with Gasteiger partial charge in [-0.1, -0.05) is 25.1 Å². The zero-order valence-corrected chi connectivity index (χ0v) is 21.3. The van der Waals surface area contributed by atoms with Gasteiger partial charge in [-0.05, 0) is 55.3 Å². The topological polar surface area (TPSA) is 45.3 Å². The molecule has 2 aliphatic heterocycles. The highest BCUT2D eigenvalue weighted by Gasteiger charge is 2.43. The van der Waals surface area contributed by atoms with Crippen LogP contribution < -0.4 is 24.2 Å². The number of fused-ring (bicyclic) bond motifs is 2. The Hall–Kier alpha value is -3.67. The molecule has 2 heterocycles. The van der Waals surface area contributed by atoms with Crippen molar-refractivity contribution < 1.29 is 14.3 Å². The molecule has 3 aromatic rings. The van der Waals surface area contributed by atoms with Crippen LogP contribution in [0.15, 0.2) is 54.6 Å². The van der Waals surface area contributed by atoms with Crippen molar-refractivity contribution in [2.24, 2.45) is 0 Å². The summed E-state index contributed by atoms with van der Waals surface area (Å²) in [5.74, 6) is 1.48. The SMILES string of the molecule is CC[C@@H](C)Oc1c(OC)cc2c3c1N(C)c1ccccc1C3N(c1ccc(N(C)C)cc1)C(=O)C2. The van der Waals surface area contributed by atoms with Crippen LogP contribution in [0.4, 0.5) is 22.7 Å². The highest BCUT2D eigenvalue weighted by molar-refractivity contribution is 6.02. The molecular formula is C29H33N3O3. The summed E-state index contributed by atoms with van der Waals surface area (Å²) in [4.78, 5) is 19.9. The number of hydrogen-bond acceptors (Lipinski definition) is 5. The van der Waals surface area contributed by atoms with Crippen molar-refractivity contribution in [1.82, 2.24) is 0 Å². The van der Waals surface area contributed by atoms with Crippen LogP contribution in [0.25, 0.3) is 0 Å². The first kappa shape index (κ1) is 23.1. The van der Waals surface area contributed by atoms with Crippen molar-refractivity contribution in [1.29, 1.82) is 0 Å². The molecule has 0 saturated heterocycles. The van der Waals surface area contributed by atoms with Gasteiger partial charge >= 0.3 is 0 Å². The van der Waals surface area contributed by atoms with E-state index in [4.69, 9.17) is 9.47 Å². The second-order valence-corrected chi connectivity index (χ2v) is 9.54. The van der Waals surface area contributed by atoms with Gasteiger partial charge < -0.3 is 24.2 Å². The molecule has 2 atom stereocenters. The lowest BCUT2D eigenvalue weighted by molar-refractivity contribution is -0.118. The quantitative estimate of drug-likeness (QED) is 0.462. The molecule has 1 amide bonds. The fourth-order valence-corrected chi connectivity index (χ4v) is 5.19. The van der Waals surface area contributed by atoms with Crippen LogP contribution in [0, 0.1) is 0 Å². The molecule has 6 heteroatoms. The van der Waals surface area contributed by atoms with Gasteiger partial charge in [0.25, 0.3) is 0 Å². The zero-order valence-electron chi connectivity index (χ0n) is 21.3. The van der Waals surface area contributed by atoms with Crippen LogP contribution in [0.1, 0.15) is 43.0 Å². The van der Waals surface area contributed by atoms with Crippen LogP contribution in [-0.4, -0.2) is 40.3 Å². The second-order valence-electron chi connectivity index (χ2n) is 9.54. The summed E-state index contributed by atoms with van der Waals surface area (Å²) in [6, 6.07) is 18.3. The highest BCUT2D eigenvalue weighted by atomic mass is 16.5. The van der Waals surface area contributed by atoms with Crippen molar-refractivity contribution in [2.75, 3.05) is 43.0 Å². The van der Waals surface area contributed by atoms with E-state index >= 15 is 0 Å². The first-order valence-corrected chi connectivity index (χ1v) is 12.2. The zero-order chi connectivity index (χ0) is 24.9. The van der Waals surface area contributed by atoms with E-state index in [1.54, 1.807) is 7.11 Å². The van der Waals surface area contributed by atoms with Crippen LogP contribution in [0.3, 0.4) is 0 Å². The lowest BCUT2D eigenvalue weighted by atomic mass is 9.81. The standard InChI is InChI=1S/C29H33N3O3/c1-7-18(2)35-29-24(34-6)16-19-17-25(33)32(21-14-12-20(13-15-21)30(3)4)27-22-10-8-9-11-23(22)31(5)28(29)26(19)27/h8-16,18,27H,7,17H2,1-6H3/t18-,27?/m1/s1. The Kier molecular flexibility index (Phi) is 5.83. The number of rotatable bonds is 6. The Balaban J connectivity index is 1.77. The number of amides is 1. The third-order valence-electron chi connectivity index (χ3n) is 7.17. The average Bonchev–Trinajstić information content (AvgIpc) is 2.87. The largest absolute Gasteiger partial charge is 0.493 e. The lowest BCUT2D eigenvalue weighted by Gasteiger charge is -2.45. The summed E-state index contributed by atoms with van der Waals surface area (Å²) in [7, 11) is 7.77. The smallest absolute Gasteiger partial charge is 0.232 e. The number of anilines is 4. The molecule has 5 rings (SSSR count). The average molecular weight is 472 g/mol. The maximum atomic E-state index is 13.7. The first-order chi connectivity index (χ1) is 16.8. The van der Waals surface area contributed by atoms with Crippen molar-refractivity contribution >= 4 is 28.7 Å². The monoisotopic (exact) mass is 471 g/mol. The molecule has 6 nitrogen and oxygen atoms in total. The van der Waals surface area contributed by atoms with Crippen molar-refractivity contribution in [3.63, 3.8) is 0 Å². The minimum Gasteiger partial charge on any atom is -0.493 e. The van der Waals surface area contributed by atoms with Crippen LogP contribution in [0.5, 0.6) is 11.5 Å². The van der Waals surface area contributed by atoms with Gasteiger partial charge in [-0.25, -0.2) is 0 Å². The van der Waals surface area contributed by atoms with Gasteiger partial charge in [0.15, 0.2) is 11.5 Å². The van der Waals surface area contributed by atoms with E-state index in [1.165, 1.54) is 0 Å². The van der Waals surface area contributed by atoms with Gasteiger partial charge in [-0.3, -0.25) is 4.79 Å². The van der Waals surface area contributed by atoms with E-state index in [9.17, 15) is 4.79 Å². The maximum Gasteiger partial charge on any atom is 0.232 e. The van der Waals surface area contributed by atoms with E-state index in [-0.39, 0.29) is 18.1 Å². The van der Waals surface area contributed by atoms with Crippen molar-refractivity contribution in [3.8, 4) is 11.5 Å². The normalized spacial score (nSPS) is 17.0. The number of methoxy groups -OCH3 is 1. The Morgan fingerprint density at radius 1 is 1.11 bits per heavy atom. The summed E-state index contributed by atoms with van der Waals surface area (Å²) in [5, 5.41) is 0. The summed E-state index contributed by atoms with van der Waals surface area (Å²) in [5.41, 5.74) is 7.23. The fourth-order valence-electron chi connectivity index (χ4n) is 5.19. The molecule has 182 valence electrons. The number of para-hydroxylation sites is 1. The maximum absolute atomic E-state index is 13.7. The van der Waals surface area contributed by atoms with Gasteiger partial charge in [0, 0.05) is 49.3 Å². The molecule has 35 heavy (non-hydrogen) atoms. The van der Waals surface area contributed by atoms with Gasteiger partial charge in [0.05, 0.1) is 31.4 Å². The molecule has 0 aliphatic carbocycles. The fraction of sp³-hybridized carbons (Fsp3) is 0.345. The second kappa shape index (κ2) is 8.84. The molecule has 0 aromatic heterocycles. The summed E-state index contributed by atoms with van der Waals surface area (Å²) >= 11 is 0. The molecule has 3 aromatic carbocycles. The molecule has 0 spiro atoms. The number of ether oxygens (including phenoxy) is 2. The van der Waals surface area contributed by atoms with Crippen molar-refractivity contribution in [2.45, 2.75) is 38.8 Å². The van der Waals surface area contributed by atoms with E-state index in [0.717, 1.165) is 51.6 Å². The van der Waals surface area contributed by atoms with E-state index in [0.29, 0.717) is 12.2 Å². The van der Waals surface area contributed by atoms with Crippen LogP contribution >= 0.6 is 0 Å². The number of benzene rings is 3. The Morgan fingerprint density at radius 2 is 1.83 bits per heavy atom. The lowest BCUT2D eigenvalue weighted by Crippen LogP contribution is -2.44. The minimum atomic E-state index is -0.246. The van der Waals surface area contributed by atoms with Crippen LogP contribution in [0.2, 0.25) is 0 Å². The molecule has 1 unspecified atom stereocenters. The number of carbonyl (C=O) groups is 1. The van der Waals surface area contributed by atoms with Gasteiger partial charge in [-0.2, -0.15) is 0 Å². The molecule has 0 N–H and O–H groups in total. The van der Waals surface area contributed by atoms with Crippen LogP contribution in [-0.2, 0) is 11.2 Å². The van der Waals surface area contributed by atoms with E-state index in [2.05, 4.69) is 55.0 Å². The van der Waals surface area contributed by atoms with E-state index < -0.39 is 0 Å². The summed E-state index contributed by atoms with van der Waals surface area (Å²) in [6.07, 6.45) is 1.22. The molecule has 0 saturated carbocycles. The summed E-state index contributed by atoms with van der Waals surface area (Å²) < 4.78 is 12.3. The molecular weight excluding hydrogens is 438 g/mol. The van der Waals surface area contributed by atoms with Crippen molar-refractivity contribution in [3.05, 3.63) is 71.3 Å². The molecule has 0 radical (unpaired) electrons. The number of carbonyl (C=O) groups excluding carboxylic acids is 1. The Labute approximate surface area is 207 Å². The Morgan fingerprint density at radius 3 is 2.49 bits per heavy atom. The Bertz CT molecular complexity index is 1270. The van der Waals surface area contributed by atoms with Gasteiger partial charge in [0.2, 0.25) is 5.91 Å². The van der Waals surface area contributed by atoms with Gasteiger partial charge in [0.1, 0.15) is 0 Å². The molecule has 2 aliphatic rings. The highest BCUT2D eigenvalue weighted by Crippen LogP contribution is 2.56. The number of hydrogen-bond donors (Lipinski definition) is 0.